The maximum Gasteiger partial charge on any atom is 0.320 e. The normalized spacial score (nSPS) is 11.9. The summed E-state index contributed by atoms with van der Waals surface area (Å²) in [7, 11) is 0. The van der Waals surface area contributed by atoms with Crippen LogP contribution >= 0.6 is 0 Å². The molecule has 4 nitrogen and oxygen atoms in total. The number of allylic oxidation sites excluding steroid dienone is 1. The number of carbonyl (C=O) groups is 2. The van der Waals surface area contributed by atoms with Crippen LogP contribution in [0.1, 0.15) is 44.2 Å². The van der Waals surface area contributed by atoms with Crippen molar-refractivity contribution >= 4 is 11.9 Å². The zero-order valence-electron chi connectivity index (χ0n) is 14.4. The summed E-state index contributed by atoms with van der Waals surface area (Å²) in [4.78, 5) is 24.7. The molecule has 1 aromatic rings. The molecule has 1 rings (SSSR count). The van der Waals surface area contributed by atoms with E-state index < -0.39 is 17.9 Å². The van der Waals surface area contributed by atoms with Gasteiger partial charge in [-0.25, -0.2) is 0 Å². The van der Waals surface area contributed by atoms with Crippen LogP contribution in [-0.4, -0.2) is 25.2 Å². The van der Waals surface area contributed by atoms with Crippen molar-refractivity contribution in [3.63, 3.8) is 0 Å². The Morgan fingerprint density at radius 1 is 1.04 bits per heavy atom. The van der Waals surface area contributed by atoms with Crippen molar-refractivity contribution < 1.29 is 19.1 Å². The fourth-order valence-electron chi connectivity index (χ4n) is 2.51. The van der Waals surface area contributed by atoms with Gasteiger partial charge in [-0.2, -0.15) is 0 Å². The second kappa shape index (κ2) is 9.13. The summed E-state index contributed by atoms with van der Waals surface area (Å²) in [5.41, 5.74) is 2.92. The summed E-state index contributed by atoms with van der Waals surface area (Å²) in [6, 6.07) is 7.81. The fourth-order valence-corrected chi connectivity index (χ4v) is 2.51. The van der Waals surface area contributed by atoms with Crippen molar-refractivity contribution in [2.75, 3.05) is 13.2 Å². The van der Waals surface area contributed by atoms with Gasteiger partial charge in [0.15, 0.2) is 5.92 Å². The van der Waals surface area contributed by atoms with E-state index >= 15 is 0 Å². The average molecular weight is 318 g/mol. The molecule has 0 radical (unpaired) electrons. The number of ether oxygens (including phenoxy) is 2. The smallest absolute Gasteiger partial charge is 0.320 e. The van der Waals surface area contributed by atoms with Crippen LogP contribution in [0.25, 0.3) is 0 Å². The Bertz CT molecular complexity index is 527. The largest absolute Gasteiger partial charge is 0.465 e. The highest BCUT2D eigenvalue weighted by Gasteiger charge is 2.38. The fraction of sp³-hybridized carbons (Fsp3) is 0.474. The first-order chi connectivity index (χ1) is 10.9. The number of esters is 2. The first-order valence-electron chi connectivity index (χ1n) is 7.94. The van der Waals surface area contributed by atoms with Crippen LogP contribution in [0.4, 0.5) is 0 Å². The Morgan fingerprint density at radius 3 is 1.91 bits per heavy atom. The molecule has 0 aromatic heterocycles. The van der Waals surface area contributed by atoms with Crippen LogP contribution in [-0.2, 0) is 19.1 Å². The first kappa shape index (κ1) is 18.9. The maximum absolute atomic E-state index is 12.4. The van der Waals surface area contributed by atoms with Crippen LogP contribution in [0.3, 0.4) is 0 Å². The van der Waals surface area contributed by atoms with Crippen molar-refractivity contribution in [2.24, 2.45) is 5.92 Å². The number of benzene rings is 1. The van der Waals surface area contributed by atoms with Gasteiger partial charge < -0.3 is 9.47 Å². The molecule has 0 bridgehead atoms. The van der Waals surface area contributed by atoms with E-state index in [2.05, 4.69) is 6.58 Å². The Labute approximate surface area is 138 Å². The van der Waals surface area contributed by atoms with Crippen LogP contribution in [0, 0.1) is 12.8 Å². The molecule has 1 atom stereocenters. The van der Waals surface area contributed by atoms with Crippen LogP contribution in [0.15, 0.2) is 36.4 Å². The van der Waals surface area contributed by atoms with Crippen molar-refractivity contribution in [2.45, 2.75) is 40.0 Å². The lowest BCUT2D eigenvalue weighted by Gasteiger charge is -2.25. The predicted molar refractivity (Wildman–Crippen MR) is 90.1 cm³/mol. The van der Waals surface area contributed by atoms with E-state index in [4.69, 9.17) is 9.47 Å². The molecule has 0 saturated carbocycles. The van der Waals surface area contributed by atoms with E-state index in [0.717, 1.165) is 16.7 Å². The SMILES string of the molecule is C=C(C)CC(c1ccc(C)cc1)C(C(=O)OCC)C(=O)OCC. The number of hydrogen-bond donors (Lipinski definition) is 0. The molecule has 4 heteroatoms. The Kier molecular flexibility index (Phi) is 7.52. The zero-order chi connectivity index (χ0) is 17.4. The van der Waals surface area contributed by atoms with Gasteiger partial charge in [-0.15, -0.1) is 6.58 Å². The first-order valence-corrected chi connectivity index (χ1v) is 7.94. The Hall–Kier alpha value is -2.10. The molecule has 0 spiro atoms. The van der Waals surface area contributed by atoms with E-state index in [-0.39, 0.29) is 19.1 Å². The topological polar surface area (TPSA) is 52.6 Å². The van der Waals surface area contributed by atoms with Gasteiger partial charge in [-0.05, 0) is 39.7 Å². The lowest BCUT2D eigenvalue weighted by molar-refractivity contribution is -0.162. The number of hydrogen-bond acceptors (Lipinski definition) is 4. The van der Waals surface area contributed by atoms with Gasteiger partial charge in [0.25, 0.3) is 0 Å². The molecule has 0 saturated heterocycles. The lowest BCUT2D eigenvalue weighted by atomic mass is 9.81. The standard InChI is InChI=1S/C19H26O4/c1-6-22-18(20)17(19(21)23-7-2)16(12-13(3)4)15-10-8-14(5)9-11-15/h8-11,16-17H,3,6-7,12H2,1-2,4-5H3. The molecule has 0 fully saturated rings. The molecule has 0 N–H and O–H groups in total. The summed E-state index contributed by atoms with van der Waals surface area (Å²) in [5.74, 6) is -2.41. The van der Waals surface area contributed by atoms with Crippen LogP contribution in [0.5, 0.6) is 0 Å². The summed E-state index contributed by atoms with van der Waals surface area (Å²) in [6.07, 6.45) is 0.519. The molecular weight excluding hydrogens is 292 g/mol. The molecule has 0 aliphatic rings. The molecule has 0 aliphatic heterocycles. The predicted octanol–water partition coefficient (Wildman–Crippen LogP) is 3.79. The van der Waals surface area contributed by atoms with E-state index in [0.29, 0.717) is 6.42 Å². The number of rotatable bonds is 8. The zero-order valence-corrected chi connectivity index (χ0v) is 14.4. The molecule has 1 unspecified atom stereocenters. The highest BCUT2D eigenvalue weighted by molar-refractivity contribution is 5.96. The monoisotopic (exact) mass is 318 g/mol. The minimum absolute atomic E-state index is 0.225. The van der Waals surface area contributed by atoms with Gasteiger partial charge in [0.2, 0.25) is 0 Å². The van der Waals surface area contributed by atoms with Gasteiger partial charge in [0, 0.05) is 5.92 Å². The summed E-state index contributed by atoms with van der Waals surface area (Å²) >= 11 is 0. The molecule has 126 valence electrons. The van der Waals surface area contributed by atoms with E-state index in [1.165, 1.54) is 0 Å². The van der Waals surface area contributed by atoms with E-state index in [1.54, 1.807) is 13.8 Å². The Balaban J connectivity index is 3.24. The van der Waals surface area contributed by atoms with Gasteiger partial charge in [-0.1, -0.05) is 35.4 Å². The van der Waals surface area contributed by atoms with Crippen molar-refractivity contribution in [3.05, 3.63) is 47.5 Å². The third-order valence-electron chi connectivity index (χ3n) is 3.56. The average Bonchev–Trinajstić information content (AvgIpc) is 2.47. The third kappa shape index (κ3) is 5.55. The highest BCUT2D eigenvalue weighted by atomic mass is 16.6. The van der Waals surface area contributed by atoms with E-state index in [1.807, 2.05) is 38.1 Å². The lowest BCUT2D eigenvalue weighted by Crippen LogP contribution is -2.33. The quantitative estimate of drug-likeness (QED) is 0.416. The molecule has 23 heavy (non-hydrogen) atoms. The molecule has 1 aromatic carbocycles. The second-order valence-electron chi connectivity index (χ2n) is 5.66. The minimum atomic E-state index is -0.977. The number of aryl methyl sites for hydroxylation is 1. The number of carbonyl (C=O) groups excluding carboxylic acids is 2. The van der Waals surface area contributed by atoms with Crippen molar-refractivity contribution in [1.82, 2.24) is 0 Å². The summed E-state index contributed by atoms with van der Waals surface area (Å²) < 4.78 is 10.2. The van der Waals surface area contributed by atoms with Gasteiger partial charge in [0.05, 0.1) is 13.2 Å². The molecule has 0 heterocycles. The molecular formula is C19H26O4. The summed E-state index contributed by atoms with van der Waals surface area (Å²) in [6.45, 7) is 11.7. The van der Waals surface area contributed by atoms with Crippen molar-refractivity contribution in [3.8, 4) is 0 Å². The highest BCUT2D eigenvalue weighted by Crippen LogP contribution is 2.33. The van der Waals surface area contributed by atoms with Gasteiger partial charge in [0.1, 0.15) is 0 Å². The second-order valence-corrected chi connectivity index (χ2v) is 5.66. The minimum Gasteiger partial charge on any atom is -0.465 e. The molecule has 0 amide bonds. The van der Waals surface area contributed by atoms with Crippen molar-refractivity contribution in [1.29, 1.82) is 0 Å². The van der Waals surface area contributed by atoms with Crippen LogP contribution < -0.4 is 0 Å². The molecule has 0 aliphatic carbocycles. The van der Waals surface area contributed by atoms with E-state index in [9.17, 15) is 9.59 Å². The maximum atomic E-state index is 12.4. The van der Waals surface area contributed by atoms with Gasteiger partial charge in [-0.3, -0.25) is 9.59 Å². The Morgan fingerprint density at radius 2 is 1.52 bits per heavy atom. The third-order valence-corrected chi connectivity index (χ3v) is 3.56. The van der Waals surface area contributed by atoms with Gasteiger partial charge >= 0.3 is 11.9 Å². The summed E-state index contributed by atoms with van der Waals surface area (Å²) in [5, 5.41) is 0. The van der Waals surface area contributed by atoms with Crippen LogP contribution in [0.2, 0.25) is 0 Å².